The highest BCUT2D eigenvalue weighted by Crippen LogP contribution is 2.28. The molecule has 0 aromatic carbocycles. The zero-order chi connectivity index (χ0) is 21.5. The van der Waals surface area contributed by atoms with Crippen LogP contribution >= 0.6 is 11.8 Å². The molecule has 1 saturated heterocycles. The maximum Gasteiger partial charge on any atom is 0.220 e. The molecule has 1 amide bonds. The monoisotopic (exact) mass is 446 g/mol. The van der Waals surface area contributed by atoms with Gasteiger partial charge >= 0.3 is 0 Å². The van der Waals surface area contributed by atoms with E-state index in [1.807, 2.05) is 10.9 Å². The van der Waals surface area contributed by atoms with E-state index in [-0.39, 0.29) is 5.91 Å². The molecule has 8 nitrogen and oxygen atoms in total. The number of morpholine rings is 1. The lowest BCUT2D eigenvalue weighted by Gasteiger charge is -2.28. The Morgan fingerprint density at radius 2 is 2.03 bits per heavy atom. The third-order valence-electron chi connectivity index (χ3n) is 6.05. The molecule has 2 aromatic rings. The highest BCUT2D eigenvalue weighted by atomic mass is 32.2. The summed E-state index contributed by atoms with van der Waals surface area (Å²) in [6.07, 6.45) is 9.82. The molecule has 1 aliphatic heterocycles. The second kappa shape index (κ2) is 11.1. The van der Waals surface area contributed by atoms with Crippen molar-refractivity contribution in [3.05, 3.63) is 6.20 Å². The summed E-state index contributed by atoms with van der Waals surface area (Å²) in [6.45, 7) is 6.41. The summed E-state index contributed by atoms with van der Waals surface area (Å²) in [5.41, 5.74) is 0.844. The van der Waals surface area contributed by atoms with Crippen molar-refractivity contribution in [1.29, 1.82) is 0 Å². The Labute approximate surface area is 188 Å². The van der Waals surface area contributed by atoms with Crippen LogP contribution in [-0.2, 0) is 16.1 Å². The normalized spacial score (nSPS) is 17.9. The molecular weight excluding hydrogens is 412 g/mol. The number of carbonyl (C=O) groups excluding carboxylic acids is 1. The fourth-order valence-electron chi connectivity index (χ4n) is 4.39. The number of anilines is 1. The zero-order valence-electron chi connectivity index (χ0n) is 18.5. The first-order valence-corrected chi connectivity index (χ1v) is 12.7. The first-order chi connectivity index (χ1) is 15.2. The summed E-state index contributed by atoms with van der Waals surface area (Å²) in [6, 6.07) is 0. The number of nitrogens with one attached hydrogen (secondary N) is 1. The van der Waals surface area contributed by atoms with Crippen LogP contribution in [-0.4, -0.2) is 64.3 Å². The molecule has 3 heterocycles. The summed E-state index contributed by atoms with van der Waals surface area (Å²) < 4.78 is 7.41. The molecule has 1 saturated carbocycles. The van der Waals surface area contributed by atoms with Gasteiger partial charge in [0.25, 0.3) is 0 Å². The van der Waals surface area contributed by atoms with Gasteiger partial charge in [-0.1, -0.05) is 37.9 Å². The van der Waals surface area contributed by atoms with Crippen molar-refractivity contribution >= 4 is 34.5 Å². The third-order valence-corrected chi connectivity index (χ3v) is 7.10. The van der Waals surface area contributed by atoms with Crippen LogP contribution < -0.4 is 10.2 Å². The SMILES string of the molecule is CCCSc1nc(N2CCOCC2)c2cnn(CCNC(=O)CC3CCCCC3)c2n1. The molecular formula is C22H34N6O2S. The molecule has 1 N–H and O–H groups in total. The van der Waals surface area contributed by atoms with E-state index in [1.54, 1.807) is 11.8 Å². The predicted molar refractivity (Wildman–Crippen MR) is 124 cm³/mol. The summed E-state index contributed by atoms with van der Waals surface area (Å²) in [7, 11) is 0. The molecule has 0 spiro atoms. The van der Waals surface area contributed by atoms with Crippen molar-refractivity contribution in [3.63, 3.8) is 0 Å². The van der Waals surface area contributed by atoms with Crippen LogP contribution in [0.1, 0.15) is 51.9 Å². The smallest absolute Gasteiger partial charge is 0.220 e. The second-order valence-corrected chi connectivity index (χ2v) is 9.50. The van der Waals surface area contributed by atoms with Crippen LogP contribution in [0, 0.1) is 5.92 Å². The first kappa shape index (κ1) is 22.3. The lowest BCUT2D eigenvalue weighted by molar-refractivity contribution is -0.122. The van der Waals surface area contributed by atoms with E-state index in [0.29, 0.717) is 38.6 Å². The Morgan fingerprint density at radius 1 is 1.23 bits per heavy atom. The first-order valence-electron chi connectivity index (χ1n) is 11.7. The number of rotatable bonds is 9. The maximum absolute atomic E-state index is 12.3. The Morgan fingerprint density at radius 3 is 2.81 bits per heavy atom. The number of nitrogens with zero attached hydrogens (tertiary/aromatic N) is 5. The van der Waals surface area contributed by atoms with Crippen LogP contribution in [0.15, 0.2) is 11.4 Å². The minimum absolute atomic E-state index is 0.159. The van der Waals surface area contributed by atoms with E-state index in [2.05, 4.69) is 22.2 Å². The molecule has 0 bridgehead atoms. The number of fused-ring (bicyclic) bond motifs is 1. The van der Waals surface area contributed by atoms with Crippen LogP contribution in [0.4, 0.5) is 5.82 Å². The second-order valence-electron chi connectivity index (χ2n) is 8.44. The van der Waals surface area contributed by atoms with Gasteiger partial charge in [0, 0.05) is 31.8 Å². The minimum Gasteiger partial charge on any atom is -0.378 e. The molecule has 9 heteroatoms. The van der Waals surface area contributed by atoms with E-state index in [9.17, 15) is 4.79 Å². The van der Waals surface area contributed by atoms with E-state index < -0.39 is 0 Å². The maximum atomic E-state index is 12.3. The van der Waals surface area contributed by atoms with Gasteiger partial charge in [-0.2, -0.15) is 5.10 Å². The Hall–Kier alpha value is -1.87. The van der Waals surface area contributed by atoms with Crippen molar-refractivity contribution in [3.8, 4) is 0 Å². The number of thioether (sulfide) groups is 1. The van der Waals surface area contributed by atoms with Crippen molar-refractivity contribution in [1.82, 2.24) is 25.1 Å². The standard InChI is InChI=1S/C22H34N6O2S/c1-2-14-31-22-25-20(27-10-12-30-13-11-27)18-16-24-28(21(18)26-22)9-8-23-19(29)15-17-6-4-3-5-7-17/h16-17H,2-15H2,1H3,(H,23,29). The number of hydrogen-bond donors (Lipinski definition) is 1. The predicted octanol–water partition coefficient (Wildman–Crippen LogP) is 3.25. The molecule has 2 fully saturated rings. The van der Waals surface area contributed by atoms with Gasteiger partial charge in [0.1, 0.15) is 5.82 Å². The van der Waals surface area contributed by atoms with Gasteiger partial charge in [-0.15, -0.1) is 0 Å². The Balaban J connectivity index is 1.44. The number of ether oxygens (including phenoxy) is 1. The zero-order valence-corrected chi connectivity index (χ0v) is 19.3. The van der Waals surface area contributed by atoms with Crippen LogP contribution in [0.5, 0.6) is 0 Å². The Bertz CT molecular complexity index is 861. The molecule has 2 aromatic heterocycles. The fraction of sp³-hybridized carbons (Fsp3) is 0.727. The van der Waals surface area contributed by atoms with Crippen LogP contribution in [0.25, 0.3) is 11.0 Å². The molecule has 1 aliphatic carbocycles. The molecule has 2 aliphatic rings. The lowest BCUT2D eigenvalue weighted by atomic mass is 9.87. The fourth-order valence-corrected chi connectivity index (χ4v) is 5.07. The van der Waals surface area contributed by atoms with Crippen molar-refractivity contribution < 1.29 is 9.53 Å². The van der Waals surface area contributed by atoms with Crippen molar-refractivity contribution in [2.75, 3.05) is 43.5 Å². The van der Waals surface area contributed by atoms with Gasteiger partial charge in [0.05, 0.1) is 31.3 Å². The summed E-state index contributed by atoms with van der Waals surface area (Å²) >= 11 is 1.68. The van der Waals surface area contributed by atoms with Gasteiger partial charge < -0.3 is 15.0 Å². The summed E-state index contributed by atoms with van der Waals surface area (Å²) in [5, 5.41) is 9.42. The van der Waals surface area contributed by atoms with Gasteiger partial charge in [-0.3, -0.25) is 4.79 Å². The third kappa shape index (κ3) is 5.88. The summed E-state index contributed by atoms with van der Waals surface area (Å²) in [5.74, 6) is 2.64. The van der Waals surface area contributed by atoms with Crippen LogP contribution in [0.2, 0.25) is 0 Å². The molecule has 0 radical (unpaired) electrons. The van der Waals surface area contributed by atoms with E-state index in [0.717, 1.165) is 47.3 Å². The highest BCUT2D eigenvalue weighted by molar-refractivity contribution is 7.99. The topological polar surface area (TPSA) is 85.2 Å². The molecule has 0 unspecified atom stereocenters. The number of amides is 1. The van der Waals surface area contributed by atoms with Gasteiger partial charge in [-0.05, 0) is 25.2 Å². The van der Waals surface area contributed by atoms with E-state index in [4.69, 9.17) is 14.7 Å². The van der Waals surface area contributed by atoms with Gasteiger partial charge in [0.2, 0.25) is 5.91 Å². The summed E-state index contributed by atoms with van der Waals surface area (Å²) in [4.78, 5) is 24.3. The van der Waals surface area contributed by atoms with Crippen molar-refractivity contribution in [2.24, 2.45) is 5.92 Å². The highest BCUT2D eigenvalue weighted by Gasteiger charge is 2.21. The average molecular weight is 447 g/mol. The quantitative estimate of drug-likeness (QED) is 0.467. The van der Waals surface area contributed by atoms with Crippen molar-refractivity contribution in [2.45, 2.75) is 63.6 Å². The number of aromatic nitrogens is 4. The molecule has 170 valence electrons. The van der Waals surface area contributed by atoms with Crippen LogP contribution in [0.3, 0.4) is 0 Å². The number of carbonyl (C=O) groups is 1. The molecule has 4 rings (SSSR count). The number of hydrogen-bond acceptors (Lipinski definition) is 7. The molecule has 31 heavy (non-hydrogen) atoms. The molecule has 0 atom stereocenters. The van der Waals surface area contributed by atoms with Gasteiger partial charge in [0.15, 0.2) is 10.8 Å². The van der Waals surface area contributed by atoms with E-state index in [1.165, 1.54) is 32.1 Å². The van der Waals surface area contributed by atoms with E-state index >= 15 is 0 Å². The largest absolute Gasteiger partial charge is 0.378 e. The van der Waals surface area contributed by atoms with Gasteiger partial charge in [-0.25, -0.2) is 14.6 Å². The Kier molecular flexibility index (Phi) is 8.02. The average Bonchev–Trinajstić information content (AvgIpc) is 3.21. The minimum atomic E-state index is 0.159. The lowest BCUT2D eigenvalue weighted by Crippen LogP contribution is -2.37.